The fourth-order valence-corrected chi connectivity index (χ4v) is 3.61. The molecular weight excluding hydrogens is 395 g/mol. The van der Waals surface area contributed by atoms with Crippen LogP contribution in [0.15, 0.2) is 5.16 Å². The third-order valence-corrected chi connectivity index (χ3v) is 5.16. The highest BCUT2D eigenvalue weighted by molar-refractivity contribution is 7.98. The highest BCUT2D eigenvalue weighted by atomic mass is 32.2. The van der Waals surface area contributed by atoms with Crippen molar-refractivity contribution in [2.45, 2.75) is 63.5 Å². The molecule has 0 saturated carbocycles. The molecule has 158 valence electrons. The molecule has 2 unspecified atom stereocenters. The molecule has 1 aromatic heterocycles. The Morgan fingerprint density at radius 3 is 2.64 bits per heavy atom. The third-order valence-electron chi connectivity index (χ3n) is 4.49. The Balaban J connectivity index is 1.81. The molecule has 2 heterocycles. The molecule has 1 aromatic rings. The number of piperidine rings is 1. The summed E-state index contributed by atoms with van der Waals surface area (Å²) in [6, 6.07) is -1.87. The van der Waals surface area contributed by atoms with E-state index in [0.29, 0.717) is 25.3 Å². The average Bonchev–Trinajstić information content (AvgIpc) is 2.98. The van der Waals surface area contributed by atoms with E-state index in [-0.39, 0.29) is 12.8 Å². The van der Waals surface area contributed by atoms with Gasteiger partial charge in [-0.15, -0.1) is 10.2 Å². The van der Waals surface area contributed by atoms with Gasteiger partial charge in [-0.2, -0.15) is 13.2 Å². The zero-order valence-corrected chi connectivity index (χ0v) is 17.0. The first-order chi connectivity index (χ1) is 13.1. The summed E-state index contributed by atoms with van der Waals surface area (Å²) in [5.74, 6) is -1.22. The Bertz CT molecular complexity index is 693. The summed E-state index contributed by atoms with van der Waals surface area (Å²) < 4.78 is 40.0. The van der Waals surface area contributed by atoms with Crippen molar-refractivity contribution in [2.24, 2.45) is 11.8 Å². The van der Waals surface area contributed by atoms with E-state index in [2.05, 4.69) is 33.9 Å². The zero-order valence-electron chi connectivity index (χ0n) is 16.2. The second-order valence-electron chi connectivity index (χ2n) is 7.23. The smallest absolute Gasteiger partial charge is 0.355 e. The number of alkyl halides is 3. The van der Waals surface area contributed by atoms with Gasteiger partial charge in [0.25, 0.3) is 0 Å². The Labute approximate surface area is 166 Å². The first kappa shape index (κ1) is 22.5. The van der Waals surface area contributed by atoms with Gasteiger partial charge in [0, 0.05) is 19.5 Å². The first-order valence-electron chi connectivity index (χ1n) is 9.24. The second-order valence-corrected chi connectivity index (χ2v) is 8.01. The van der Waals surface area contributed by atoms with Gasteiger partial charge in [-0.25, -0.2) is 0 Å². The molecule has 0 bridgehead atoms. The Morgan fingerprint density at radius 1 is 1.36 bits per heavy atom. The minimum atomic E-state index is -4.49. The highest BCUT2D eigenvalue weighted by Crippen LogP contribution is 2.28. The minimum Gasteiger partial charge on any atom is -0.355 e. The number of carbonyl (C=O) groups excluding carboxylic acids is 2. The summed E-state index contributed by atoms with van der Waals surface area (Å²) in [5.41, 5.74) is 0. The molecular formula is C17H26F3N5O2S. The van der Waals surface area contributed by atoms with E-state index in [9.17, 15) is 22.8 Å². The molecule has 0 spiro atoms. The molecule has 2 N–H and O–H groups in total. The normalized spacial score (nSPS) is 20.3. The fraction of sp³-hybridized carbons (Fsp3) is 0.765. The number of hydrogen-bond donors (Lipinski definition) is 2. The van der Waals surface area contributed by atoms with Gasteiger partial charge in [0.05, 0.1) is 0 Å². The molecule has 0 aliphatic carbocycles. The fourth-order valence-electron chi connectivity index (χ4n) is 3.09. The van der Waals surface area contributed by atoms with Crippen LogP contribution in [0.2, 0.25) is 0 Å². The monoisotopic (exact) mass is 421 g/mol. The molecule has 1 aliphatic rings. The molecule has 1 fully saturated rings. The number of thioether (sulfide) groups is 1. The van der Waals surface area contributed by atoms with Gasteiger partial charge in [0.2, 0.25) is 11.8 Å². The summed E-state index contributed by atoms with van der Waals surface area (Å²) in [6.07, 6.45) is -1.75. The number of nitrogens with zero attached hydrogens (tertiary/aromatic N) is 3. The molecule has 28 heavy (non-hydrogen) atoms. The highest BCUT2D eigenvalue weighted by Gasteiger charge is 2.45. The van der Waals surface area contributed by atoms with Crippen LogP contribution >= 0.6 is 11.8 Å². The zero-order chi connectivity index (χ0) is 20.9. The van der Waals surface area contributed by atoms with E-state index >= 15 is 0 Å². The van der Waals surface area contributed by atoms with E-state index in [1.54, 1.807) is 0 Å². The number of amides is 2. The van der Waals surface area contributed by atoms with Crippen molar-refractivity contribution in [1.29, 1.82) is 0 Å². The number of hydrogen-bond acceptors (Lipinski definition) is 5. The molecule has 1 saturated heterocycles. The largest absolute Gasteiger partial charge is 0.408 e. The molecule has 0 radical (unpaired) electrons. The van der Waals surface area contributed by atoms with Gasteiger partial charge >= 0.3 is 6.18 Å². The van der Waals surface area contributed by atoms with Crippen LogP contribution in [0.1, 0.15) is 38.9 Å². The van der Waals surface area contributed by atoms with Gasteiger partial charge in [-0.1, -0.05) is 25.6 Å². The van der Waals surface area contributed by atoms with Gasteiger partial charge < -0.3 is 15.2 Å². The summed E-state index contributed by atoms with van der Waals surface area (Å²) >= 11 is 1.52. The maximum absolute atomic E-state index is 12.7. The topological polar surface area (TPSA) is 88.9 Å². The van der Waals surface area contributed by atoms with Crippen LogP contribution < -0.4 is 10.6 Å². The van der Waals surface area contributed by atoms with Crippen LogP contribution in [0.4, 0.5) is 13.2 Å². The standard InChI is InChI=1S/C17H26F3N5O2S/c1-10(2)9-25-13(23-24-16(25)28-3)5-4-8-21-14(26)11-6-7-12(17(18,19)20)22-15(11)27/h10-12H,4-9H2,1-3H3,(H,21,26)(H,22,27). The van der Waals surface area contributed by atoms with Gasteiger partial charge in [0.1, 0.15) is 17.8 Å². The third kappa shape index (κ3) is 5.86. The lowest BCUT2D eigenvalue weighted by molar-refractivity contribution is -0.171. The average molecular weight is 421 g/mol. The maximum Gasteiger partial charge on any atom is 0.408 e. The summed E-state index contributed by atoms with van der Waals surface area (Å²) in [4.78, 5) is 24.0. The van der Waals surface area contributed by atoms with Crippen molar-refractivity contribution in [1.82, 2.24) is 25.4 Å². The molecule has 11 heteroatoms. The van der Waals surface area contributed by atoms with Crippen LogP contribution in [0.25, 0.3) is 0 Å². The van der Waals surface area contributed by atoms with Crippen LogP contribution in [0.5, 0.6) is 0 Å². The number of halogens is 3. The van der Waals surface area contributed by atoms with E-state index in [4.69, 9.17) is 0 Å². The van der Waals surface area contributed by atoms with Crippen molar-refractivity contribution in [2.75, 3.05) is 12.8 Å². The van der Waals surface area contributed by atoms with Gasteiger partial charge in [-0.3, -0.25) is 9.59 Å². The predicted molar refractivity (Wildman–Crippen MR) is 98.7 cm³/mol. The summed E-state index contributed by atoms with van der Waals surface area (Å²) in [6.45, 7) is 5.32. The lowest BCUT2D eigenvalue weighted by Gasteiger charge is -2.29. The van der Waals surface area contributed by atoms with Crippen LogP contribution in [-0.2, 0) is 22.6 Å². The molecule has 2 amide bonds. The summed E-state index contributed by atoms with van der Waals surface area (Å²) in [7, 11) is 0. The molecule has 7 nitrogen and oxygen atoms in total. The van der Waals surface area contributed by atoms with Crippen LogP contribution in [0, 0.1) is 11.8 Å². The molecule has 0 aromatic carbocycles. The van der Waals surface area contributed by atoms with Crippen LogP contribution in [0.3, 0.4) is 0 Å². The minimum absolute atomic E-state index is 0.109. The van der Waals surface area contributed by atoms with E-state index < -0.39 is 30.0 Å². The summed E-state index contributed by atoms with van der Waals surface area (Å²) in [5, 5.41) is 13.7. The Kier molecular flexibility index (Phi) is 7.73. The van der Waals surface area contributed by atoms with E-state index in [0.717, 1.165) is 17.5 Å². The van der Waals surface area contributed by atoms with Gasteiger partial charge in [0.15, 0.2) is 5.16 Å². The quantitative estimate of drug-likeness (QED) is 0.382. The number of aryl methyl sites for hydroxylation is 1. The van der Waals surface area contributed by atoms with E-state index in [1.165, 1.54) is 11.8 Å². The second kappa shape index (κ2) is 9.62. The molecule has 2 rings (SSSR count). The van der Waals surface area contributed by atoms with Crippen molar-refractivity contribution in [3.05, 3.63) is 5.82 Å². The number of carbonyl (C=O) groups is 2. The Hall–Kier alpha value is -1.78. The van der Waals surface area contributed by atoms with E-state index in [1.807, 2.05) is 11.6 Å². The predicted octanol–water partition coefficient (Wildman–Crippen LogP) is 2.16. The number of rotatable bonds is 8. The number of aromatic nitrogens is 3. The maximum atomic E-state index is 12.7. The van der Waals surface area contributed by atoms with Crippen molar-refractivity contribution in [3.8, 4) is 0 Å². The SMILES string of the molecule is CSc1nnc(CCCNC(=O)C2CCC(C(F)(F)F)NC2=O)n1CC(C)C. The molecule has 2 atom stereocenters. The van der Waals surface area contributed by atoms with Crippen molar-refractivity contribution >= 4 is 23.6 Å². The van der Waals surface area contributed by atoms with Crippen molar-refractivity contribution in [3.63, 3.8) is 0 Å². The van der Waals surface area contributed by atoms with Gasteiger partial charge in [-0.05, 0) is 31.4 Å². The Morgan fingerprint density at radius 2 is 2.07 bits per heavy atom. The first-order valence-corrected chi connectivity index (χ1v) is 10.5. The molecule has 1 aliphatic heterocycles. The van der Waals surface area contributed by atoms with Crippen molar-refractivity contribution < 1.29 is 22.8 Å². The lowest BCUT2D eigenvalue weighted by atomic mass is 9.93. The lowest BCUT2D eigenvalue weighted by Crippen LogP contribution is -2.54. The number of nitrogens with one attached hydrogen (secondary N) is 2. The van der Waals surface area contributed by atoms with Crippen LogP contribution in [-0.4, -0.2) is 51.6 Å².